The van der Waals surface area contributed by atoms with Crippen LogP contribution >= 0.6 is 12.8 Å². The van der Waals surface area contributed by atoms with Crippen molar-refractivity contribution >= 4 is 55.0 Å². The highest BCUT2D eigenvalue weighted by molar-refractivity contribution is 7.78. The zero-order valence-electron chi connectivity index (χ0n) is 34.2. The number of alkyl carbamates (subject to hydrolysis) is 4. The first-order valence-corrected chi connectivity index (χ1v) is 19.4. The minimum absolute atomic E-state index is 0.0000954. The Balaban J connectivity index is 4.02. The number of ether oxygens (including phenoxy) is 10. The summed E-state index contributed by atoms with van der Waals surface area (Å²) in [4.78, 5) is 84.0. The van der Waals surface area contributed by atoms with Crippen molar-refractivity contribution < 1.29 is 80.9 Å². The Morgan fingerprint density at radius 1 is 0.508 bits per heavy atom. The van der Waals surface area contributed by atoms with E-state index < -0.39 is 36.4 Å². The van der Waals surface area contributed by atoms with Gasteiger partial charge in [0.2, 0.25) is 11.8 Å². The lowest BCUT2D eigenvalue weighted by atomic mass is 10.2. The van der Waals surface area contributed by atoms with Gasteiger partial charge < -0.3 is 78.7 Å². The van der Waals surface area contributed by atoms with Crippen LogP contribution in [-0.2, 0) is 61.8 Å². The summed E-state index contributed by atoms with van der Waals surface area (Å²) in [7, 11) is 2.96. The number of methoxy groups -OCH3 is 2. The Morgan fingerprint density at radius 3 is 1.47 bits per heavy atom. The highest BCUT2D eigenvalue weighted by Gasteiger charge is 2.16. The summed E-state index contributed by atoms with van der Waals surface area (Å²) in [5.74, 6) is -1.05. The second-order valence-corrected chi connectivity index (χ2v) is 12.0. The lowest BCUT2D eigenvalue weighted by molar-refractivity contribution is -0.141. The van der Waals surface area contributed by atoms with Crippen molar-refractivity contribution in [3.8, 4) is 0 Å². The van der Waals surface area contributed by atoms with Gasteiger partial charge in [0, 0.05) is 86.2 Å². The number of thiol groups is 1. The Kier molecular flexibility index (Phi) is 36.2. The molecule has 0 atom stereocenters. The molecule has 342 valence electrons. The van der Waals surface area contributed by atoms with E-state index in [1.165, 1.54) is 21.1 Å². The van der Waals surface area contributed by atoms with Crippen LogP contribution in [0.15, 0.2) is 0 Å². The summed E-state index contributed by atoms with van der Waals surface area (Å²) in [6.45, 7) is 4.60. The maximum atomic E-state index is 12.4. The van der Waals surface area contributed by atoms with E-state index in [9.17, 15) is 33.6 Å². The van der Waals surface area contributed by atoms with Crippen molar-refractivity contribution in [3.63, 3.8) is 0 Å². The molecule has 0 saturated carbocycles. The fourth-order valence-electron chi connectivity index (χ4n) is 4.20. The number of nitrogens with one attached hydrogen (secondary N) is 6. The van der Waals surface area contributed by atoms with Crippen molar-refractivity contribution in [1.29, 1.82) is 0 Å². The van der Waals surface area contributed by atoms with Crippen molar-refractivity contribution in [2.45, 2.75) is 32.3 Å². The van der Waals surface area contributed by atoms with Gasteiger partial charge in [-0.15, -0.1) is 0 Å². The van der Waals surface area contributed by atoms with Crippen molar-refractivity contribution in [3.05, 3.63) is 0 Å². The monoisotopic (exact) mass is 873 g/mol. The number of hydrogen-bond acceptors (Lipinski definition) is 19. The van der Waals surface area contributed by atoms with Gasteiger partial charge in [0.15, 0.2) is 0 Å². The molecule has 0 aliphatic rings. The summed E-state index contributed by atoms with van der Waals surface area (Å²) < 4.78 is 53.3. The topological polar surface area (TPSA) is 287 Å². The summed E-state index contributed by atoms with van der Waals surface area (Å²) in [6.07, 6.45) is -2.78. The molecule has 0 aliphatic heterocycles. The van der Waals surface area contributed by atoms with Gasteiger partial charge in [0.25, 0.3) is 0 Å². The molecule has 0 aromatic heterocycles. The molecule has 0 rings (SSSR count). The molecule has 59 heavy (non-hydrogen) atoms. The van der Waals surface area contributed by atoms with Crippen molar-refractivity contribution in [1.82, 2.24) is 36.2 Å². The molecule has 0 aromatic rings. The Morgan fingerprint density at radius 2 is 0.966 bits per heavy atom. The molecule has 0 heterocycles. The lowest BCUT2D eigenvalue weighted by Crippen LogP contribution is -2.39. The largest absolute Gasteiger partial charge is 0.465 e. The molecule has 6 N–H and O–H groups in total. The molecule has 0 unspecified atom stereocenters. The van der Waals surface area contributed by atoms with Crippen LogP contribution in [0.2, 0.25) is 0 Å². The fraction of sp³-hybridized carbons (Fsp3) is 0.794. The predicted octanol–water partition coefficient (Wildman–Crippen LogP) is -1.28. The molecule has 0 saturated heterocycles. The standard InChI is InChI=1S/C34H63N7O17S/c1-27(42)54-18-12-41(26-30(44)40-59)13-19-55-33(47)38-10-17-53-23-22-52-15-9-35-29(43)6-14-51-16-11-39-34(48)58-28(4-7-36-31(45)56-24-20-49-2)5-8-37-32(46)57-25-21-50-3/h28,59H,4-26H2,1-3H3,(H,35,43)(H,36,45)(H,37,46)(H,38,47)(H,39,48)(H,40,44). The molecule has 25 heteroatoms. The van der Waals surface area contributed by atoms with Gasteiger partial charge in [-0.05, 0) is 0 Å². The van der Waals surface area contributed by atoms with Gasteiger partial charge in [-0.3, -0.25) is 19.3 Å². The van der Waals surface area contributed by atoms with E-state index in [0.717, 1.165) is 0 Å². The third kappa shape index (κ3) is 37.6. The van der Waals surface area contributed by atoms with E-state index in [4.69, 9.17) is 47.4 Å². The van der Waals surface area contributed by atoms with E-state index >= 15 is 0 Å². The van der Waals surface area contributed by atoms with Crippen LogP contribution in [0.5, 0.6) is 0 Å². The normalized spacial score (nSPS) is 10.7. The summed E-state index contributed by atoms with van der Waals surface area (Å²) in [6, 6.07) is 0. The van der Waals surface area contributed by atoms with Crippen LogP contribution in [0, 0.1) is 0 Å². The molecule has 0 aliphatic carbocycles. The highest BCUT2D eigenvalue weighted by Crippen LogP contribution is 2.04. The third-order valence-electron chi connectivity index (χ3n) is 7.08. The predicted molar refractivity (Wildman–Crippen MR) is 210 cm³/mol. The number of hydrogen-bond donors (Lipinski definition) is 7. The summed E-state index contributed by atoms with van der Waals surface area (Å²) in [5.41, 5.74) is 0. The second kappa shape index (κ2) is 39.1. The smallest absolute Gasteiger partial charge is 0.407 e. The number of esters is 1. The van der Waals surface area contributed by atoms with E-state index in [0.29, 0.717) is 0 Å². The van der Waals surface area contributed by atoms with E-state index in [-0.39, 0.29) is 163 Å². The Labute approximate surface area is 349 Å². The first-order chi connectivity index (χ1) is 28.5. The van der Waals surface area contributed by atoms with Crippen molar-refractivity contribution in [2.75, 3.05) is 146 Å². The Bertz CT molecular complexity index is 1150. The zero-order valence-corrected chi connectivity index (χ0v) is 35.1. The van der Waals surface area contributed by atoms with Crippen LogP contribution in [0.1, 0.15) is 26.2 Å². The number of nitrogens with zero attached hydrogens (tertiary/aromatic N) is 1. The van der Waals surface area contributed by atoms with Crippen LogP contribution in [0.25, 0.3) is 0 Å². The molecule has 0 spiro atoms. The maximum Gasteiger partial charge on any atom is 0.407 e. The molecule has 0 bridgehead atoms. The zero-order chi connectivity index (χ0) is 43.8. The maximum absolute atomic E-state index is 12.4. The summed E-state index contributed by atoms with van der Waals surface area (Å²) in [5, 5.41) is 12.9. The van der Waals surface area contributed by atoms with Gasteiger partial charge in [-0.2, -0.15) is 0 Å². The van der Waals surface area contributed by atoms with Crippen molar-refractivity contribution in [2.24, 2.45) is 0 Å². The molecular formula is C34H63N7O17S. The fourth-order valence-corrected chi connectivity index (χ4v) is 4.27. The van der Waals surface area contributed by atoms with Crippen LogP contribution in [0.3, 0.4) is 0 Å². The van der Waals surface area contributed by atoms with Gasteiger partial charge in [0.1, 0.15) is 32.5 Å². The molecule has 6 amide bonds. The van der Waals surface area contributed by atoms with Gasteiger partial charge in [-0.25, -0.2) is 19.2 Å². The van der Waals surface area contributed by atoms with Gasteiger partial charge in [0.05, 0.1) is 59.4 Å². The molecule has 0 fully saturated rings. The molecular weight excluding hydrogens is 810 g/mol. The minimum Gasteiger partial charge on any atom is -0.465 e. The third-order valence-corrected chi connectivity index (χ3v) is 7.33. The average molecular weight is 874 g/mol. The quantitative estimate of drug-likeness (QED) is 0.0167. The summed E-state index contributed by atoms with van der Waals surface area (Å²) >= 11 is 3.71. The Hall–Kier alpha value is -4.40. The van der Waals surface area contributed by atoms with E-state index in [1.807, 2.05) is 0 Å². The first-order valence-electron chi connectivity index (χ1n) is 18.9. The lowest BCUT2D eigenvalue weighted by Gasteiger charge is -2.20. The van der Waals surface area contributed by atoms with E-state index in [1.54, 1.807) is 4.90 Å². The number of carbonyl (C=O) groups is 7. The van der Waals surface area contributed by atoms with Gasteiger partial charge in [-0.1, -0.05) is 12.8 Å². The van der Waals surface area contributed by atoms with Crippen LogP contribution in [0.4, 0.5) is 19.2 Å². The molecule has 0 aromatic carbocycles. The minimum atomic E-state index is -0.728. The SMILES string of the molecule is COCCOC(=O)NCCC(CCNC(=O)OCCOC)OC(=O)NCCOCCC(=O)NCCOCCOCCNC(=O)OCCN(CCOC(C)=O)CC(=O)NS. The van der Waals surface area contributed by atoms with E-state index in [2.05, 4.69) is 44.1 Å². The van der Waals surface area contributed by atoms with Crippen LogP contribution in [-0.4, -0.2) is 199 Å². The van der Waals surface area contributed by atoms with Gasteiger partial charge >= 0.3 is 30.3 Å². The molecule has 0 radical (unpaired) electrons. The highest BCUT2D eigenvalue weighted by atomic mass is 32.1. The average Bonchev–Trinajstić information content (AvgIpc) is 3.19. The number of rotatable bonds is 36. The second-order valence-electron chi connectivity index (χ2n) is 11.8. The number of amides is 6. The van der Waals surface area contributed by atoms with Crippen LogP contribution < -0.4 is 31.3 Å². The first kappa shape index (κ1) is 54.6. The molecule has 24 nitrogen and oxygen atoms in total. The number of carbonyl (C=O) groups excluding carboxylic acids is 7.